The van der Waals surface area contributed by atoms with Crippen molar-refractivity contribution in [2.24, 2.45) is 11.0 Å². The molecule has 3 rings (SSSR count). The summed E-state index contributed by atoms with van der Waals surface area (Å²) in [5, 5.41) is 14.6. The van der Waals surface area contributed by atoms with E-state index in [1.807, 2.05) is 30.3 Å². The van der Waals surface area contributed by atoms with Crippen molar-refractivity contribution in [3.05, 3.63) is 35.9 Å². The normalized spacial score (nSPS) is 24.1. The number of benzene rings is 1. The first-order valence-electron chi connectivity index (χ1n) is 9.55. The summed E-state index contributed by atoms with van der Waals surface area (Å²) in [5.41, 5.74) is -1.89. The number of amides is 1. The fourth-order valence-electron chi connectivity index (χ4n) is 3.91. The van der Waals surface area contributed by atoms with Gasteiger partial charge in [-0.1, -0.05) is 49.6 Å². The average molecular weight is 382 g/mol. The van der Waals surface area contributed by atoms with Crippen molar-refractivity contribution in [3.8, 4) is 0 Å². The van der Waals surface area contributed by atoms with Crippen molar-refractivity contribution in [2.45, 2.75) is 69.7 Å². The molecule has 4 nitrogen and oxygen atoms in total. The van der Waals surface area contributed by atoms with Crippen molar-refractivity contribution < 1.29 is 23.1 Å². The van der Waals surface area contributed by atoms with Gasteiger partial charge in [0, 0.05) is 18.6 Å². The zero-order chi connectivity index (χ0) is 19.5. The lowest BCUT2D eigenvalue weighted by Crippen LogP contribution is -2.56. The summed E-state index contributed by atoms with van der Waals surface area (Å²) in [6.45, 7) is 0. The van der Waals surface area contributed by atoms with Gasteiger partial charge in [0.15, 0.2) is 0 Å². The topological polar surface area (TPSA) is 52.9 Å². The van der Waals surface area contributed by atoms with E-state index in [9.17, 15) is 23.1 Å². The monoisotopic (exact) mass is 382 g/mol. The molecule has 1 N–H and O–H groups in total. The van der Waals surface area contributed by atoms with Crippen molar-refractivity contribution in [1.29, 1.82) is 0 Å². The first-order chi connectivity index (χ1) is 12.8. The Morgan fingerprint density at radius 2 is 1.85 bits per heavy atom. The van der Waals surface area contributed by atoms with Crippen LogP contribution in [-0.2, 0) is 11.2 Å². The Morgan fingerprint density at radius 1 is 1.19 bits per heavy atom. The van der Waals surface area contributed by atoms with E-state index in [1.54, 1.807) is 0 Å². The van der Waals surface area contributed by atoms with Crippen molar-refractivity contribution >= 4 is 11.6 Å². The van der Waals surface area contributed by atoms with Crippen LogP contribution < -0.4 is 0 Å². The van der Waals surface area contributed by atoms with Gasteiger partial charge in [-0.2, -0.15) is 23.3 Å². The highest BCUT2D eigenvalue weighted by Crippen LogP contribution is 2.43. The summed E-state index contributed by atoms with van der Waals surface area (Å²) in [4.78, 5) is 12.5. The lowest BCUT2D eigenvalue weighted by Gasteiger charge is -2.32. The summed E-state index contributed by atoms with van der Waals surface area (Å²) < 4.78 is 40.7. The van der Waals surface area contributed by atoms with E-state index >= 15 is 0 Å². The van der Waals surface area contributed by atoms with E-state index in [0.29, 0.717) is 23.6 Å². The molecule has 1 aliphatic carbocycles. The number of carbonyl (C=O) groups excluding carboxylic acids is 1. The maximum atomic E-state index is 13.6. The van der Waals surface area contributed by atoms with Gasteiger partial charge in [-0.15, -0.1) is 0 Å². The molecule has 0 saturated heterocycles. The van der Waals surface area contributed by atoms with E-state index < -0.39 is 24.2 Å². The third kappa shape index (κ3) is 4.34. The minimum Gasteiger partial charge on any atom is -0.362 e. The number of rotatable bonds is 5. The molecule has 1 amide bonds. The Bertz CT molecular complexity index is 684. The predicted molar refractivity (Wildman–Crippen MR) is 95.9 cm³/mol. The van der Waals surface area contributed by atoms with Gasteiger partial charge >= 0.3 is 6.18 Å². The van der Waals surface area contributed by atoms with Gasteiger partial charge in [-0.3, -0.25) is 4.79 Å². The molecule has 1 aliphatic heterocycles. The number of nitrogens with zero attached hydrogens (tertiary/aromatic N) is 2. The van der Waals surface area contributed by atoms with Crippen LogP contribution in [0, 0.1) is 5.92 Å². The quantitative estimate of drug-likeness (QED) is 0.819. The van der Waals surface area contributed by atoms with E-state index in [1.165, 1.54) is 0 Å². The molecule has 0 aromatic heterocycles. The summed E-state index contributed by atoms with van der Waals surface area (Å²) in [5.74, 6) is -0.855. The third-order valence-electron chi connectivity index (χ3n) is 5.47. The highest BCUT2D eigenvalue weighted by atomic mass is 19.4. The Hall–Kier alpha value is -1.89. The summed E-state index contributed by atoms with van der Waals surface area (Å²) in [6, 6.07) is 9.45. The van der Waals surface area contributed by atoms with Crippen LogP contribution in [0.2, 0.25) is 0 Å². The highest BCUT2D eigenvalue weighted by Gasteiger charge is 2.63. The largest absolute Gasteiger partial charge is 0.438 e. The number of aliphatic hydroxyl groups is 1. The Labute approximate surface area is 157 Å². The van der Waals surface area contributed by atoms with E-state index in [4.69, 9.17) is 0 Å². The molecule has 1 aromatic carbocycles. The van der Waals surface area contributed by atoms with Crippen molar-refractivity contribution in [2.75, 3.05) is 0 Å². The Morgan fingerprint density at radius 3 is 2.48 bits per heavy atom. The number of alkyl halides is 3. The minimum absolute atomic E-state index is 0.0743. The van der Waals surface area contributed by atoms with Crippen LogP contribution in [0.1, 0.15) is 56.9 Å². The third-order valence-corrected chi connectivity index (χ3v) is 5.47. The summed E-state index contributed by atoms with van der Waals surface area (Å²) >= 11 is 0. The molecule has 1 atom stereocenters. The molecule has 0 radical (unpaired) electrons. The number of halogens is 3. The molecule has 0 spiro atoms. The van der Waals surface area contributed by atoms with Crippen LogP contribution in [0.25, 0.3) is 0 Å². The predicted octanol–water partition coefficient (Wildman–Crippen LogP) is 4.43. The summed E-state index contributed by atoms with van der Waals surface area (Å²) in [7, 11) is 0. The maximum absolute atomic E-state index is 13.6. The van der Waals surface area contributed by atoms with Gasteiger partial charge in [-0.25, -0.2) is 0 Å². The van der Waals surface area contributed by atoms with E-state index in [2.05, 4.69) is 5.10 Å². The molecule has 0 unspecified atom stereocenters. The lowest BCUT2D eigenvalue weighted by molar-refractivity contribution is -0.302. The first kappa shape index (κ1) is 19.9. The molecule has 7 heteroatoms. The molecule has 2 aliphatic rings. The average Bonchev–Trinajstić information content (AvgIpc) is 3.02. The Balaban J connectivity index is 1.70. The fourth-order valence-corrected chi connectivity index (χ4v) is 3.91. The van der Waals surface area contributed by atoms with Gasteiger partial charge in [0.05, 0.1) is 0 Å². The van der Waals surface area contributed by atoms with Gasteiger partial charge in [-0.05, 0) is 37.2 Å². The Kier molecular flexibility index (Phi) is 5.89. The summed E-state index contributed by atoms with van der Waals surface area (Å²) in [6.07, 6.45) is -0.187. The van der Waals surface area contributed by atoms with Gasteiger partial charge < -0.3 is 5.11 Å². The number of hydrogen-bond acceptors (Lipinski definition) is 3. The van der Waals surface area contributed by atoms with Crippen LogP contribution in [0.15, 0.2) is 35.4 Å². The van der Waals surface area contributed by atoms with Crippen molar-refractivity contribution in [3.63, 3.8) is 0 Å². The zero-order valence-corrected chi connectivity index (χ0v) is 15.2. The van der Waals surface area contributed by atoms with Crippen LogP contribution in [0.4, 0.5) is 13.2 Å². The SMILES string of the molecule is O=C(CCCc1ccccc1)N1N=C(C2CCCCC2)C[C@]1(O)C(F)(F)F. The van der Waals surface area contributed by atoms with Gasteiger partial charge in [0.1, 0.15) is 0 Å². The van der Waals surface area contributed by atoms with Crippen LogP contribution in [-0.4, -0.2) is 33.6 Å². The number of hydrogen-bond donors (Lipinski definition) is 1. The molecule has 1 aromatic rings. The molecule has 1 saturated carbocycles. The molecular weight excluding hydrogens is 357 g/mol. The smallest absolute Gasteiger partial charge is 0.362 e. The molecule has 27 heavy (non-hydrogen) atoms. The van der Waals surface area contributed by atoms with E-state index in [-0.39, 0.29) is 12.3 Å². The second kappa shape index (κ2) is 8.00. The second-order valence-corrected chi connectivity index (χ2v) is 7.46. The van der Waals surface area contributed by atoms with Crippen LogP contribution >= 0.6 is 0 Å². The lowest BCUT2D eigenvalue weighted by atomic mass is 9.83. The molecule has 148 valence electrons. The van der Waals surface area contributed by atoms with Crippen LogP contribution in [0.3, 0.4) is 0 Å². The standard InChI is InChI=1S/C20H25F3N2O2/c21-20(22,23)19(27)14-17(16-11-5-2-6-12-16)24-25(19)18(26)13-7-10-15-8-3-1-4-9-15/h1,3-4,8-9,16,27H,2,5-7,10-14H2/t19-/m0/s1. The minimum atomic E-state index is -4.94. The second-order valence-electron chi connectivity index (χ2n) is 7.46. The van der Waals surface area contributed by atoms with Crippen molar-refractivity contribution in [1.82, 2.24) is 5.01 Å². The highest BCUT2D eigenvalue weighted by molar-refractivity contribution is 5.92. The zero-order valence-electron chi connectivity index (χ0n) is 15.2. The van der Waals surface area contributed by atoms with Gasteiger partial charge in [0.2, 0.25) is 5.91 Å². The first-order valence-corrected chi connectivity index (χ1v) is 9.55. The number of carbonyl (C=O) groups is 1. The fraction of sp³-hybridized carbons (Fsp3) is 0.600. The molecule has 1 fully saturated rings. The van der Waals surface area contributed by atoms with E-state index in [0.717, 1.165) is 37.7 Å². The molecule has 1 heterocycles. The number of hydrazone groups is 1. The maximum Gasteiger partial charge on any atom is 0.438 e. The van der Waals surface area contributed by atoms with Gasteiger partial charge in [0.25, 0.3) is 5.72 Å². The van der Waals surface area contributed by atoms with Crippen LogP contribution in [0.5, 0.6) is 0 Å². The molecular formula is C20H25F3N2O2. The number of aryl methyl sites for hydroxylation is 1. The molecule has 0 bridgehead atoms.